The number of ether oxygens (including phenoxy) is 2. The number of carbonyl (C=O) groups is 2. The predicted octanol–water partition coefficient (Wildman–Crippen LogP) is 3.54. The largest absolute Gasteiger partial charge is 0.497 e. The van der Waals surface area contributed by atoms with E-state index in [2.05, 4.69) is 0 Å². The molecule has 1 aliphatic heterocycles. The Morgan fingerprint density at radius 2 is 1.85 bits per heavy atom. The zero-order valence-corrected chi connectivity index (χ0v) is 15.8. The summed E-state index contributed by atoms with van der Waals surface area (Å²) in [6, 6.07) is 15.5. The van der Waals surface area contributed by atoms with Crippen molar-refractivity contribution in [3.8, 4) is 5.75 Å². The van der Waals surface area contributed by atoms with Crippen LogP contribution in [0.5, 0.6) is 5.75 Å². The first-order chi connectivity index (χ1) is 13.1. The van der Waals surface area contributed by atoms with E-state index in [1.165, 1.54) is 0 Å². The van der Waals surface area contributed by atoms with Crippen molar-refractivity contribution in [3.63, 3.8) is 0 Å². The van der Waals surface area contributed by atoms with E-state index < -0.39 is 6.10 Å². The van der Waals surface area contributed by atoms with Crippen LogP contribution < -0.4 is 9.64 Å². The van der Waals surface area contributed by atoms with E-state index in [4.69, 9.17) is 9.47 Å². The van der Waals surface area contributed by atoms with E-state index in [0.29, 0.717) is 13.0 Å². The summed E-state index contributed by atoms with van der Waals surface area (Å²) in [5.41, 5.74) is 3.11. The van der Waals surface area contributed by atoms with E-state index in [1.54, 1.807) is 18.9 Å². The van der Waals surface area contributed by atoms with Crippen molar-refractivity contribution in [2.75, 3.05) is 18.6 Å². The summed E-state index contributed by atoms with van der Waals surface area (Å²) >= 11 is 0. The van der Waals surface area contributed by atoms with Crippen molar-refractivity contribution in [1.82, 2.24) is 0 Å². The van der Waals surface area contributed by atoms with Gasteiger partial charge >= 0.3 is 5.97 Å². The molecule has 5 nitrogen and oxygen atoms in total. The molecule has 0 saturated carbocycles. The van der Waals surface area contributed by atoms with Crippen molar-refractivity contribution >= 4 is 17.6 Å². The number of anilines is 1. The Bertz CT molecular complexity index is 800. The molecule has 1 unspecified atom stereocenters. The molecule has 0 radical (unpaired) electrons. The van der Waals surface area contributed by atoms with Gasteiger partial charge in [0, 0.05) is 18.7 Å². The predicted molar refractivity (Wildman–Crippen MR) is 104 cm³/mol. The van der Waals surface area contributed by atoms with Crippen molar-refractivity contribution in [1.29, 1.82) is 0 Å². The summed E-state index contributed by atoms with van der Waals surface area (Å²) in [7, 11) is 1.62. The number of aryl methyl sites for hydroxylation is 2. The Morgan fingerprint density at radius 1 is 1.11 bits per heavy atom. The normalized spacial score (nSPS) is 14.2. The summed E-state index contributed by atoms with van der Waals surface area (Å²) in [6.45, 7) is 2.30. The third-order valence-corrected chi connectivity index (χ3v) is 4.81. The third-order valence-electron chi connectivity index (χ3n) is 4.81. The molecule has 0 spiro atoms. The van der Waals surface area contributed by atoms with Crippen LogP contribution in [0.4, 0.5) is 5.69 Å². The van der Waals surface area contributed by atoms with Crippen molar-refractivity contribution in [2.24, 2.45) is 0 Å². The topological polar surface area (TPSA) is 55.8 Å². The van der Waals surface area contributed by atoms with Crippen molar-refractivity contribution in [2.45, 2.75) is 38.7 Å². The van der Waals surface area contributed by atoms with Gasteiger partial charge in [-0.3, -0.25) is 9.59 Å². The van der Waals surface area contributed by atoms with Crippen molar-refractivity contribution < 1.29 is 19.1 Å². The number of carbonyl (C=O) groups excluding carboxylic acids is 2. The van der Waals surface area contributed by atoms with Crippen LogP contribution in [0.2, 0.25) is 0 Å². The standard InChI is InChI=1S/C22H25NO4/c1-16(22(25)23-15-5-7-18-6-3-4-8-20(18)23)27-21(24)14-11-17-9-12-19(26-2)13-10-17/h3-4,6,8-10,12-13,16H,5,7,11,14-15H2,1-2H3. The fraction of sp³-hybridized carbons (Fsp3) is 0.364. The van der Waals surface area contributed by atoms with Gasteiger partial charge in [-0.2, -0.15) is 0 Å². The molecule has 1 amide bonds. The molecule has 0 aliphatic carbocycles. The molecule has 0 N–H and O–H groups in total. The fourth-order valence-corrected chi connectivity index (χ4v) is 3.33. The van der Waals surface area contributed by atoms with E-state index >= 15 is 0 Å². The molecule has 142 valence electrons. The molecule has 0 saturated heterocycles. The summed E-state index contributed by atoms with van der Waals surface area (Å²) in [4.78, 5) is 26.7. The van der Waals surface area contributed by atoms with Crippen LogP contribution in [0.1, 0.15) is 30.9 Å². The lowest BCUT2D eigenvalue weighted by molar-refractivity contribution is -0.153. The number of nitrogens with zero attached hydrogens (tertiary/aromatic N) is 1. The molecule has 3 rings (SSSR count). The van der Waals surface area contributed by atoms with Gasteiger partial charge in [0.2, 0.25) is 0 Å². The highest BCUT2D eigenvalue weighted by atomic mass is 16.5. The zero-order chi connectivity index (χ0) is 19.2. The second-order valence-corrected chi connectivity index (χ2v) is 6.70. The van der Waals surface area contributed by atoms with E-state index in [0.717, 1.165) is 35.4 Å². The highest BCUT2D eigenvalue weighted by Crippen LogP contribution is 2.27. The number of amides is 1. The fourth-order valence-electron chi connectivity index (χ4n) is 3.33. The number of esters is 1. The third kappa shape index (κ3) is 4.67. The number of fused-ring (bicyclic) bond motifs is 1. The first kappa shape index (κ1) is 19.0. The first-order valence-electron chi connectivity index (χ1n) is 9.30. The Balaban J connectivity index is 1.54. The Kier molecular flexibility index (Phi) is 6.12. The molecule has 0 fully saturated rings. The minimum atomic E-state index is -0.792. The number of rotatable bonds is 6. The number of hydrogen-bond donors (Lipinski definition) is 0. The van der Waals surface area contributed by atoms with Crippen LogP contribution in [0, 0.1) is 0 Å². The second kappa shape index (κ2) is 8.71. The zero-order valence-electron chi connectivity index (χ0n) is 15.8. The summed E-state index contributed by atoms with van der Waals surface area (Å²) < 4.78 is 10.5. The van der Waals surface area contributed by atoms with Crippen LogP contribution >= 0.6 is 0 Å². The second-order valence-electron chi connectivity index (χ2n) is 6.70. The van der Waals surface area contributed by atoms with Crippen molar-refractivity contribution in [3.05, 3.63) is 59.7 Å². The lowest BCUT2D eigenvalue weighted by Gasteiger charge is -2.31. The van der Waals surface area contributed by atoms with Gasteiger partial charge in [0.15, 0.2) is 6.10 Å². The van der Waals surface area contributed by atoms with Gasteiger partial charge in [-0.15, -0.1) is 0 Å². The number of para-hydroxylation sites is 1. The smallest absolute Gasteiger partial charge is 0.306 e. The van der Waals surface area contributed by atoms with Gasteiger partial charge in [-0.1, -0.05) is 30.3 Å². The minimum Gasteiger partial charge on any atom is -0.497 e. The maximum Gasteiger partial charge on any atom is 0.306 e. The average molecular weight is 367 g/mol. The quantitative estimate of drug-likeness (QED) is 0.733. The van der Waals surface area contributed by atoms with Gasteiger partial charge in [0.1, 0.15) is 5.75 Å². The molecule has 2 aromatic rings. The van der Waals surface area contributed by atoms with Crippen LogP contribution in [-0.2, 0) is 27.2 Å². The highest BCUT2D eigenvalue weighted by Gasteiger charge is 2.28. The van der Waals surface area contributed by atoms with Crippen LogP contribution in [-0.4, -0.2) is 31.6 Å². The van der Waals surface area contributed by atoms with Gasteiger partial charge in [-0.05, 0) is 55.5 Å². The first-order valence-corrected chi connectivity index (χ1v) is 9.30. The molecule has 5 heteroatoms. The van der Waals surface area contributed by atoms with Gasteiger partial charge in [0.25, 0.3) is 5.91 Å². The van der Waals surface area contributed by atoms with Crippen LogP contribution in [0.3, 0.4) is 0 Å². The monoisotopic (exact) mass is 367 g/mol. The number of benzene rings is 2. The molecular formula is C22H25NO4. The van der Waals surface area contributed by atoms with E-state index in [9.17, 15) is 9.59 Å². The van der Waals surface area contributed by atoms with E-state index in [1.807, 2.05) is 48.5 Å². The van der Waals surface area contributed by atoms with Gasteiger partial charge in [0.05, 0.1) is 7.11 Å². The molecule has 2 aromatic carbocycles. The van der Waals surface area contributed by atoms with Gasteiger partial charge < -0.3 is 14.4 Å². The minimum absolute atomic E-state index is 0.167. The summed E-state index contributed by atoms with van der Waals surface area (Å²) in [5.74, 6) is 0.249. The van der Waals surface area contributed by atoms with Crippen LogP contribution in [0.15, 0.2) is 48.5 Å². The molecular weight excluding hydrogens is 342 g/mol. The number of hydrogen-bond acceptors (Lipinski definition) is 4. The summed E-state index contributed by atoms with van der Waals surface area (Å²) in [6.07, 6.45) is 1.90. The molecule has 1 aliphatic rings. The highest BCUT2D eigenvalue weighted by molar-refractivity contribution is 5.98. The Hall–Kier alpha value is -2.82. The lowest BCUT2D eigenvalue weighted by Crippen LogP contribution is -2.42. The molecule has 0 aromatic heterocycles. The lowest BCUT2D eigenvalue weighted by atomic mass is 10.0. The maximum absolute atomic E-state index is 12.8. The molecule has 1 atom stereocenters. The van der Waals surface area contributed by atoms with E-state index in [-0.39, 0.29) is 18.3 Å². The van der Waals surface area contributed by atoms with Gasteiger partial charge in [-0.25, -0.2) is 0 Å². The Labute approximate surface area is 159 Å². The number of methoxy groups -OCH3 is 1. The molecule has 1 heterocycles. The summed E-state index contributed by atoms with van der Waals surface area (Å²) in [5, 5.41) is 0. The Morgan fingerprint density at radius 3 is 2.59 bits per heavy atom. The maximum atomic E-state index is 12.8. The molecule has 0 bridgehead atoms. The average Bonchev–Trinajstić information content (AvgIpc) is 2.71. The SMILES string of the molecule is COc1ccc(CCC(=O)OC(C)C(=O)N2CCCc3ccccc32)cc1. The molecule has 27 heavy (non-hydrogen) atoms. The van der Waals surface area contributed by atoms with Crippen LogP contribution in [0.25, 0.3) is 0 Å².